The zero-order valence-corrected chi connectivity index (χ0v) is 14.9. The van der Waals surface area contributed by atoms with E-state index in [0.29, 0.717) is 22.2 Å². The summed E-state index contributed by atoms with van der Waals surface area (Å²) in [6.45, 7) is 4.19. The zero-order valence-electron chi connectivity index (χ0n) is 13.2. The number of carbonyl (C=O) groups is 1. The lowest BCUT2D eigenvalue weighted by atomic mass is 10.1. The van der Waals surface area contributed by atoms with Crippen molar-refractivity contribution >= 4 is 32.2 Å². The van der Waals surface area contributed by atoms with Gasteiger partial charge in [-0.3, -0.25) is 10.1 Å². The number of amides is 1. The predicted octanol–water partition coefficient (Wildman–Crippen LogP) is 2.53. The summed E-state index contributed by atoms with van der Waals surface area (Å²) in [4.78, 5) is 12.2. The number of carbonyl (C=O) groups excluding carboxylic acids is 1. The van der Waals surface area contributed by atoms with Gasteiger partial charge in [0.05, 0.1) is 5.75 Å². The number of nitrogens with one attached hydrogen (secondary N) is 1. The molecule has 0 atom stereocenters. The van der Waals surface area contributed by atoms with Crippen molar-refractivity contribution in [3.8, 4) is 0 Å². The van der Waals surface area contributed by atoms with Gasteiger partial charge >= 0.3 is 0 Å². The van der Waals surface area contributed by atoms with E-state index < -0.39 is 9.84 Å². The molecule has 1 aromatic heterocycles. The number of nitrogens with zero attached hydrogens (tertiary/aromatic N) is 2. The molecular weight excluding hydrogens is 334 g/mol. The lowest BCUT2D eigenvalue weighted by Crippen LogP contribution is -2.11. The van der Waals surface area contributed by atoms with Crippen LogP contribution in [0.1, 0.15) is 34.8 Å². The Morgan fingerprint density at radius 3 is 2.43 bits per heavy atom. The fourth-order valence-corrected chi connectivity index (χ4v) is 3.71. The fourth-order valence-electron chi connectivity index (χ4n) is 1.96. The van der Waals surface area contributed by atoms with Crippen LogP contribution in [0.2, 0.25) is 0 Å². The standard InChI is InChI=1S/C15H19N3O3S2/c1-10(2)8-13-17-18-15(22-13)16-14(19)12-6-4-11(5-7-12)9-23(3,20)21/h4-7,10H,8-9H2,1-3H3,(H,16,18,19). The molecule has 1 N–H and O–H groups in total. The Morgan fingerprint density at radius 1 is 1.22 bits per heavy atom. The molecule has 124 valence electrons. The van der Waals surface area contributed by atoms with Gasteiger partial charge in [0.25, 0.3) is 5.91 Å². The molecule has 23 heavy (non-hydrogen) atoms. The molecule has 2 aromatic rings. The van der Waals surface area contributed by atoms with Gasteiger partial charge in [0.15, 0.2) is 9.84 Å². The Hall–Kier alpha value is -1.80. The summed E-state index contributed by atoms with van der Waals surface area (Å²) in [5.74, 6) is 0.154. The fraction of sp³-hybridized carbons (Fsp3) is 0.400. The molecule has 1 aromatic carbocycles. The van der Waals surface area contributed by atoms with Crippen LogP contribution in [0.25, 0.3) is 0 Å². The first-order chi connectivity index (χ1) is 10.7. The lowest BCUT2D eigenvalue weighted by Gasteiger charge is -2.03. The van der Waals surface area contributed by atoms with Gasteiger partial charge in [0, 0.05) is 18.2 Å². The van der Waals surface area contributed by atoms with E-state index >= 15 is 0 Å². The molecule has 0 saturated heterocycles. The van der Waals surface area contributed by atoms with Crippen LogP contribution in [0.5, 0.6) is 0 Å². The van der Waals surface area contributed by atoms with Gasteiger partial charge in [-0.1, -0.05) is 37.3 Å². The number of aromatic nitrogens is 2. The van der Waals surface area contributed by atoms with Crippen LogP contribution in [-0.2, 0) is 22.0 Å². The average Bonchev–Trinajstić information content (AvgIpc) is 2.84. The minimum atomic E-state index is -3.08. The smallest absolute Gasteiger partial charge is 0.257 e. The third-order valence-corrected chi connectivity index (χ3v) is 4.63. The molecule has 0 aliphatic carbocycles. The van der Waals surface area contributed by atoms with Crippen LogP contribution >= 0.6 is 11.3 Å². The molecule has 0 fully saturated rings. The quantitative estimate of drug-likeness (QED) is 0.862. The second-order valence-electron chi connectivity index (χ2n) is 5.82. The lowest BCUT2D eigenvalue weighted by molar-refractivity contribution is 0.102. The monoisotopic (exact) mass is 353 g/mol. The molecule has 0 radical (unpaired) electrons. The molecule has 0 unspecified atom stereocenters. The van der Waals surface area contributed by atoms with Crippen LogP contribution in [0.4, 0.5) is 5.13 Å². The van der Waals surface area contributed by atoms with E-state index in [1.807, 2.05) is 0 Å². The van der Waals surface area contributed by atoms with Crippen LogP contribution in [0.15, 0.2) is 24.3 Å². The third kappa shape index (κ3) is 5.72. The van der Waals surface area contributed by atoms with Gasteiger partial charge in [0.1, 0.15) is 5.01 Å². The van der Waals surface area contributed by atoms with Crippen molar-refractivity contribution in [2.24, 2.45) is 5.92 Å². The summed E-state index contributed by atoms with van der Waals surface area (Å²) < 4.78 is 22.5. The highest BCUT2D eigenvalue weighted by Gasteiger charge is 2.12. The molecule has 1 amide bonds. The predicted molar refractivity (Wildman–Crippen MR) is 91.4 cm³/mol. The van der Waals surface area contributed by atoms with Crippen molar-refractivity contribution in [2.45, 2.75) is 26.0 Å². The SMILES string of the molecule is CC(C)Cc1nnc(NC(=O)c2ccc(CS(C)(=O)=O)cc2)s1. The largest absolute Gasteiger partial charge is 0.296 e. The van der Waals surface area contributed by atoms with Gasteiger partial charge in [-0.15, -0.1) is 10.2 Å². The van der Waals surface area contributed by atoms with Gasteiger partial charge < -0.3 is 0 Å². The normalized spacial score (nSPS) is 11.7. The first kappa shape index (κ1) is 17.6. The second kappa shape index (κ2) is 7.18. The molecule has 6 nitrogen and oxygen atoms in total. The van der Waals surface area contributed by atoms with E-state index in [9.17, 15) is 13.2 Å². The molecule has 8 heteroatoms. The van der Waals surface area contributed by atoms with Gasteiger partial charge in [-0.2, -0.15) is 0 Å². The van der Waals surface area contributed by atoms with E-state index in [0.717, 1.165) is 11.4 Å². The third-order valence-electron chi connectivity index (χ3n) is 2.92. The Bertz CT molecular complexity index is 781. The maximum Gasteiger partial charge on any atom is 0.257 e. The van der Waals surface area contributed by atoms with E-state index in [1.165, 1.54) is 17.6 Å². The number of benzene rings is 1. The average molecular weight is 353 g/mol. The van der Waals surface area contributed by atoms with Crippen molar-refractivity contribution in [1.29, 1.82) is 0 Å². The summed E-state index contributed by atoms with van der Waals surface area (Å²) in [6, 6.07) is 6.48. The summed E-state index contributed by atoms with van der Waals surface area (Å²) in [5.41, 5.74) is 1.10. The molecule has 0 aliphatic heterocycles. The van der Waals surface area contributed by atoms with Gasteiger partial charge in [-0.25, -0.2) is 8.42 Å². The Morgan fingerprint density at radius 2 is 1.87 bits per heavy atom. The minimum Gasteiger partial charge on any atom is -0.296 e. The molecule has 0 spiro atoms. The second-order valence-corrected chi connectivity index (χ2v) is 9.02. The topological polar surface area (TPSA) is 89.0 Å². The number of anilines is 1. The molecule has 1 heterocycles. The zero-order chi connectivity index (χ0) is 17.0. The highest BCUT2D eigenvalue weighted by atomic mass is 32.2. The van der Waals surface area contributed by atoms with Gasteiger partial charge in [-0.05, 0) is 23.6 Å². The van der Waals surface area contributed by atoms with E-state index in [1.54, 1.807) is 24.3 Å². The van der Waals surface area contributed by atoms with Crippen molar-refractivity contribution < 1.29 is 13.2 Å². The minimum absolute atomic E-state index is 0.0378. The Balaban J connectivity index is 2.01. The molecule has 2 rings (SSSR count). The number of hydrogen-bond acceptors (Lipinski definition) is 6. The molecule has 0 aliphatic rings. The number of sulfone groups is 1. The Kier molecular flexibility index (Phi) is 5.48. The van der Waals surface area contributed by atoms with Gasteiger partial charge in [0.2, 0.25) is 5.13 Å². The van der Waals surface area contributed by atoms with E-state index in [4.69, 9.17) is 0 Å². The van der Waals surface area contributed by atoms with Crippen LogP contribution < -0.4 is 5.32 Å². The van der Waals surface area contributed by atoms with Crippen molar-refractivity contribution in [3.05, 3.63) is 40.4 Å². The summed E-state index contributed by atoms with van der Waals surface area (Å²) in [5, 5.41) is 12.1. The van der Waals surface area contributed by atoms with Crippen LogP contribution in [0.3, 0.4) is 0 Å². The molecule has 0 saturated carbocycles. The number of hydrogen-bond donors (Lipinski definition) is 1. The van der Waals surface area contributed by atoms with Crippen molar-refractivity contribution in [1.82, 2.24) is 10.2 Å². The molecular formula is C15H19N3O3S2. The molecule has 0 bridgehead atoms. The van der Waals surface area contributed by atoms with E-state index in [2.05, 4.69) is 29.4 Å². The number of rotatable bonds is 6. The Labute approximate surface area is 139 Å². The maximum atomic E-state index is 12.2. The summed E-state index contributed by atoms with van der Waals surface area (Å²) in [6.07, 6.45) is 2.01. The highest BCUT2D eigenvalue weighted by molar-refractivity contribution is 7.89. The summed E-state index contributed by atoms with van der Waals surface area (Å²) in [7, 11) is -3.08. The maximum absolute atomic E-state index is 12.2. The highest BCUT2D eigenvalue weighted by Crippen LogP contribution is 2.19. The first-order valence-corrected chi connectivity index (χ1v) is 10.0. The van der Waals surface area contributed by atoms with Crippen molar-refractivity contribution in [2.75, 3.05) is 11.6 Å². The summed E-state index contributed by atoms with van der Waals surface area (Å²) >= 11 is 1.36. The van der Waals surface area contributed by atoms with Crippen LogP contribution in [-0.4, -0.2) is 30.8 Å². The first-order valence-electron chi connectivity index (χ1n) is 7.13. The van der Waals surface area contributed by atoms with E-state index in [-0.39, 0.29) is 11.7 Å². The van der Waals surface area contributed by atoms with Crippen molar-refractivity contribution in [3.63, 3.8) is 0 Å². The van der Waals surface area contributed by atoms with Crippen LogP contribution in [0, 0.1) is 5.92 Å².